The highest BCUT2D eigenvalue weighted by molar-refractivity contribution is 5.80. The van der Waals surface area contributed by atoms with Gasteiger partial charge in [-0.1, -0.05) is 42.5 Å². The van der Waals surface area contributed by atoms with Gasteiger partial charge in [0.2, 0.25) is 0 Å². The Kier molecular flexibility index (Phi) is 2.71. The molecule has 102 valence electrons. The molecule has 0 N–H and O–H groups in total. The van der Waals surface area contributed by atoms with Gasteiger partial charge in [-0.25, -0.2) is 4.98 Å². The molecule has 0 spiro atoms. The molecule has 1 aromatic heterocycles. The minimum absolute atomic E-state index is 0.0373. The third-order valence-corrected chi connectivity index (χ3v) is 3.87. The number of aryl methyl sites for hydroxylation is 1. The monoisotopic (exact) mass is 274 g/mol. The first-order valence-electron chi connectivity index (χ1n) is 7.09. The van der Waals surface area contributed by atoms with Crippen LogP contribution in [0.5, 0.6) is 0 Å². The number of hydrogen-bond acceptors (Lipinski definition) is 2. The number of nitrogens with zero attached hydrogens (tertiary/aromatic N) is 2. The second-order valence-corrected chi connectivity index (χ2v) is 5.23. The van der Waals surface area contributed by atoms with Crippen molar-refractivity contribution in [1.29, 1.82) is 0 Å². The van der Waals surface area contributed by atoms with Gasteiger partial charge < -0.3 is 0 Å². The first kappa shape index (κ1) is 12.1. The number of para-hydroxylation sites is 1. The molecule has 0 unspecified atom stereocenters. The summed E-state index contributed by atoms with van der Waals surface area (Å²) in [6.45, 7) is 0. The van der Waals surface area contributed by atoms with Crippen LogP contribution in [-0.2, 0) is 6.42 Å². The third kappa shape index (κ3) is 1.98. The fourth-order valence-corrected chi connectivity index (χ4v) is 2.87. The number of aromatic nitrogens is 2. The lowest BCUT2D eigenvalue weighted by Crippen LogP contribution is -2.20. The predicted molar refractivity (Wildman–Crippen MR) is 84.9 cm³/mol. The van der Waals surface area contributed by atoms with Crippen LogP contribution in [0.2, 0.25) is 0 Å². The van der Waals surface area contributed by atoms with Gasteiger partial charge in [-0.05, 0) is 30.2 Å². The van der Waals surface area contributed by atoms with Gasteiger partial charge in [-0.2, -0.15) is 0 Å². The van der Waals surface area contributed by atoms with Gasteiger partial charge in [0.25, 0.3) is 5.56 Å². The summed E-state index contributed by atoms with van der Waals surface area (Å²) in [6, 6.07) is 17.6. The molecule has 3 aromatic rings. The molecule has 0 radical (unpaired) electrons. The smallest absolute Gasteiger partial charge is 0.265 e. The molecule has 21 heavy (non-hydrogen) atoms. The van der Waals surface area contributed by atoms with Crippen molar-refractivity contribution in [1.82, 2.24) is 9.55 Å². The van der Waals surface area contributed by atoms with E-state index in [4.69, 9.17) is 0 Å². The summed E-state index contributed by atoms with van der Waals surface area (Å²) in [4.78, 5) is 17.3. The molecule has 0 saturated carbocycles. The average Bonchev–Trinajstić information content (AvgIpc) is 2.92. The van der Waals surface area contributed by atoms with Gasteiger partial charge >= 0.3 is 0 Å². The zero-order valence-electron chi connectivity index (χ0n) is 11.5. The second-order valence-electron chi connectivity index (χ2n) is 5.23. The summed E-state index contributed by atoms with van der Waals surface area (Å²) < 4.78 is 1.77. The maximum atomic E-state index is 12.7. The van der Waals surface area contributed by atoms with E-state index in [0.717, 1.165) is 35.4 Å². The van der Waals surface area contributed by atoms with E-state index in [1.807, 2.05) is 54.6 Å². The van der Waals surface area contributed by atoms with Gasteiger partial charge in [0, 0.05) is 12.1 Å². The van der Waals surface area contributed by atoms with Gasteiger partial charge in [0.05, 0.1) is 10.9 Å². The molecule has 1 aliphatic heterocycles. The molecule has 0 fully saturated rings. The topological polar surface area (TPSA) is 34.9 Å². The van der Waals surface area contributed by atoms with Gasteiger partial charge in [-0.3, -0.25) is 9.36 Å². The highest BCUT2D eigenvalue weighted by atomic mass is 16.1. The number of rotatable bonds is 1. The minimum atomic E-state index is 0.0373. The highest BCUT2D eigenvalue weighted by Gasteiger charge is 2.20. The second kappa shape index (κ2) is 4.70. The Labute approximate surface area is 122 Å². The van der Waals surface area contributed by atoms with Gasteiger partial charge in [0.1, 0.15) is 5.82 Å². The van der Waals surface area contributed by atoms with Crippen molar-refractivity contribution in [2.75, 3.05) is 0 Å². The molecule has 1 aliphatic rings. The number of allylic oxidation sites excluding steroid dienone is 1. The number of hydrogen-bond donors (Lipinski definition) is 0. The Balaban J connectivity index is 1.94. The average molecular weight is 274 g/mol. The molecule has 0 amide bonds. The first-order valence-corrected chi connectivity index (χ1v) is 7.09. The molecule has 4 rings (SSSR count). The lowest BCUT2D eigenvalue weighted by Gasteiger charge is -2.07. The summed E-state index contributed by atoms with van der Waals surface area (Å²) in [5, 5.41) is 0.683. The van der Waals surface area contributed by atoms with E-state index in [-0.39, 0.29) is 5.56 Å². The zero-order valence-corrected chi connectivity index (χ0v) is 11.5. The van der Waals surface area contributed by atoms with Gasteiger partial charge in [0.15, 0.2) is 0 Å². The zero-order chi connectivity index (χ0) is 14.2. The molecule has 0 atom stereocenters. The van der Waals surface area contributed by atoms with E-state index in [1.165, 1.54) is 0 Å². The predicted octanol–water partition coefficient (Wildman–Crippen LogP) is 3.34. The standard InChI is InChI=1S/C18H14N2O/c21-18-15-8-4-5-9-16(15)19-17-11-10-14(20(17)18)12-13-6-2-1-3-7-13/h1-9,12H,10-11H2/b14-12-. The molecule has 0 saturated heterocycles. The molecule has 2 heterocycles. The molecule has 3 nitrogen and oxygen atoms in total. The Morgan fingerprint density at radius 3 is 2.57 bits per heavy atom. The van der Waals surface area contributed by atoms with Crippen LogP contribution in [-0.4, -0.2) is 9.55 Å². The maximum absolute atomic E-state index is 12.7. The summed E-state index contributed by atoms with van der Waals surface area (Å²) in [5.74, 6) is 0.862. The van der Waals surface area contributed by atoms with E-state index >= 15 is 0 Å². The molecule has 0 aliphatic carbocycles. The molecule has 0 bridgehead atoms. The normalized spacial score (nSPS) is 15.5. The third-order valence-electron chi connectivity index (χ3n) is 3.87. The van der Waals surface area contributed by atoms with Crippen molar-refractivity contribution in [3.05, 3.63) is 76.3 Å². The lowest BCUT2D eigenvalue weighted by molar-refractivity contribution is 0.930. The number of fused-ring (bicyclic) bond motifs is 2. The van der Waals surface area contributed by atoms with Crippen molar-refractivity contribution in [3.63, 3.8) is 0 Å². The Morgan fingerprint density at radius 1 is 0.952 bits per heavy atom. The molecule has 2 aromatic carbocycles. The van der Waals surface area contributed by atoms with Crippen molar-refractivity contribution in [2.24, 2.45) is 0 Å². The first-order chi connectivity index (χ1) is 10.3. The summed E-state index contributed by atoms with van der Waals surface area (Å²) in [5.41, 5.74) is 2.96. The highest BCUT2D eigenvalue weighted by Crippen LogP contribution is 2.25. The van der Waals surface area contributed by atoms with Crippen molar-refractivity contribution in [3.8, 4) is 0 Å². The van der Waals surface area contributed by atoms with E-state index in [9.17, 15) is 4.79 Å². The summed E-state index contributed by atoms with van der Waals surface area (Å²) in [6.07, 6.45) is 3.75. The van der Waals surface area contributed by atoms with Crippen LogP contribution in [0.15, 0.2) is 59.4 Å². The van der Waals surface area contributed by atoms with Gasteiger partial charge in [-0.15, -0.1) is 0 Å². The van der Waals surface area contributed by atoms with Crippen molar-refractivity contribution < 1.29 is 0 Å². The molecular weight excluding hydrogens is 260 g/mol. The summed E-state index contributed by atoms with van der Waals surface area (Å²) >= 11 is 0. The Hall–Kier alpha value is -2.68. The van der Waals surface area contributed by atoms with Crippen LogP contribution >= 0.6 is 0 Å². The maximum Gasteiger partial charge on any atom is 0.265 e. The molecule has 3 heteroatoms. The van der Waals surface area contributed by atoms with E-state index in [2.05, 4.69) is 11.1 Å². The quantitative estimate of drug-likeness (QED) is 0.682. The summed E-state index contributed by atoms with van der Waals surface area (Å²) in [7, 11) is 0. The Morgan fingerprint density at radius 2 is 1.71 bits per heavy atom. The fourth-order valence-electron chi connectivity index (χ4n) is 2.87. The largest absolute Gasteiger partial charge is 0.268 e. The number of benzene rings is 2. The van der Waals surface area contributed by atoms with Crippen molar-refractivity contribution in [2.45, 2.75) is 12.8 Å². The van der Waals surface area contributed by atoms with E-state index in [0.29, 0.717) is 5.39 Å². The van der Waals surface area contributed by atoms with Crippen LogP contribution in [0.3, 0.4) is 0 Å². The van der Waals surface area contributed by atoms with Crippen LogP contribution in [0, 0.1) is 0 Å². The van der Waals surface area contributed by atoms with E-state index in [1.54, 1.807) is 4.57 Å². The van der Waals surface area contributed by atoms with E-state index < -0.39 is 0 Å². The van der Waals surface area contributed by atoms with Crippen LogP contribution < -0.4 is 5.56 Å². The van der Waals surface area contributed by atoms with Crippen molar-refractivity contribution >= 4 is 22.7 Å². The Bertz CT molecular complexity index is 907. The SMILES string of the molecule is O=c1c2ccccc2nc2n1/C(=C\c1ccccc1)CC2. The van der Waals surface area contributed by atoms with Crippen LogP contribution in [0.1, 0.15) is 17.8 Å². The lowest BCUT2D eigenvalue weighted by atomic mass is 10.1. The fraction of sp³-hybridized carbons (Fsp3) is 0.111. The van der Waals surface area contributed by atoms with Crippen LogP contribution in [0.4, 0.5) is 0 Å². The van der Waals surface area contributed by atoms with Crippen LogP contribution in [0.25, 0.3) is 22.7 Å². The minimum Gasteiger partial charge on any atom is -0.268 e. The molecular formula is C18H14N2O.